The first-order chi connectivity index (χ1) is 5.65. The minimum absolute atomic E-state index is 0.0306. The van der Waals surface area contributed by atoms with Crippen LogP contribution in [0.3, 0.4) is 0 Å². The van der Waals surface area contributed by atoms with Gasteiger partial charge in [-0.2, -0.15) is 0 Å². The molecule has 0 aliphatic rings. The second-order valence-electron chi connectivity index (χ2n) is 2.05. The molecule has 0 unspecified atom stereocenters. The third-order valence-electron chi connectivity index (χ3n) is 1.25. The number of carbonyl (C=O) groups excluding carboxylic acids is 1. The van der Waals surface area contributed by atoms with E-state index in [1.807, 2.05) is 0 Å². The number of hydrogen-bond acceptors (Lipinski definition) is 1. The Morgan fingerprint density at radius 3 is 2.58 bits per heavy atom. The summed E-state index contributed by atoms with van der Waals surface area (Å²) in [6, 6.07) is 1.88. The Labute approximate surface area is 75.8 Å². The summed E-state index contributed by atoms with van der Waals surface area (Å²) in [4.78, 5) is 9.84. The van der Waals surface area contributed by atoms with Crippen molar-refractivity contribution in [1.29, 1.82) is 0 Å². The number of hydrogen-bond donors (Lipinski definition) is 0. The van der Waals surface area contributed by atoms with E-state index in [0.29, 0.717) is 0 Å². The van der Waals surface area contributed by atoms with Gasteiger partial charge in [-0.15, -0.1) is 0 Å². The van der Waals surface area contributed by atoms with Gasteiger partial charge in [0.15, 0.2) is 0 Å². The van der Waals surface area contributed by atoms with E-state index in [4.69, 9.17) is 0 Å². The van der Waals surface area contributed by atoms with Crippen LogP contribution in [0.15, 0.2) is 16.6 Å². The van der Waals surface area contributed by atoms with Crippen LogP contribution in [0.5, 0.6) is 0 Å². The monoisotopic (exact) mass is 232 g/mol. The Morgan fingerprint density at radius 2 is 2.00 bits per heavy atom. The summed E-state index contributed by atoms with van der Waals surface area (Å²) in [6.45, 7) is 0. The Kier molecular flexibility index (Phi) is 2.74. The smallest absolute Gasteiger partial charge is 0.138 e. The largest absolute Gasteiger partial charge is 0.233 e. The first-order valence-electron chi connectivity index (χ1n) is 3.00. The maximum absolute atomic E-state index is 12.8. The highest BCUT2D eigenvalue weighted by molar-refractivity contribution is 9.10. The molecule has 1 rings (SSSR count). The van der Waals surface area contributed by atoms with Crippen LogP contribution < -0.4 is 0 Å². The quantitative estimate of drug-likeness (QED) is 0.538. The van der Waals surface area contributed by atoms with Crippen molar-refractivity contribution in [3.63, 3.8) is 0 Å². The van der Waals surface area contributed by atoms with Crippen LogP contribution in [0.4, 0.5) is 8.78 Å². The van der Waals surface area contributed by atoms with Gasteiger partial charge in [-0.3, -0.25) is 0 Å². The number of benzene rings is 1. The molecule has 62 valence electrons. The number of rotatable bonds is 1. The summed E-state index contributed by atoms with van der Waals surface area (Å²) in [7, 11) is 0. The van der Waals surface area contributed by atoms with Gasteiger partial charge >= 0.3 is 0 Å². The van der Waals surface area contributed by atoms with Crippen molar-refractivity contribution >= 4 is 27.9 Å². The van der Waals surface area contributed by atoms with Crippen LogP contribution in [-0.4, -0.2) is 5.94 Å². The maximum Gasteiger partial charge on any atom is 0.138 e. The van der Waals surface area contributed by atoms with Crippen LogP contribution in [-0.2, 0) is 4.79 Å². The van der Waals surface area contributed by atoms with E-state index in [1.165, 1.54) is 5.94 Å². The molecule has 1 aromatic carbocycles. The van der Waals surface area contributed by atoms with Gasteiger partial charge in [0, 0.05) is 11.6 Å². The molecule has 0 saturated carbocycles. The van der Waals surface area contributed by atoms with Crippen molar-refractivity contribution in [2.45, 2.75) is 0 Å². The molecule has 0 aliphatic carbocycles. The first kappa shape index (κ1) is 9.10. The van der Waals surface area contributed by atoms with Gasteiger partial charge in [-0.1, -0.05) is 0 Å². The lowest BCUT2D eigenvalue weighted by atomic mass is 10.2. The second-order valence-corrected chi connectivity index (χ2v) is 2.90. The molecule has 0 spiro atoms. The molecule has 0 bridgehead atoms. The highest BCUT2D eigenvalue weighted by Gasteiger charge is 2.05. The fourth-order valence-corrected chi connectivity index (χ4v) is 1.03. The van der Waals surface area contributed by atoms with Gasteiger partial charge in [-0.25, -0.2) is 13.6 Å². The SMILES string of the molecule is O=C=Cc1cc(F)c(Br)cc1F. The first-order valence-corrected chi connectivity index (χ1v) is 3.80. The summed E-state index contributed by atoms with van der Waals surface area (Å²) in [6.07, 6.45) is 0.838. The molecule has 1 aromatic rings. The van der Waals surface area contributed by atoms with E-state index in [1.54, 1.807) is 0 Å². The normalized spacial score (nSPS) is 9.25. The minimum atomic E-state index is -0.661. The molecule has 0 heterocycles. The highest BCUT2D eigenvalue weighted by Crippen LogP contribution is 2.19. The van der Waals surface area contributed by atoms with Gasteiger partial charge < -0.3 is 0 Å². The Balaban J connectivity index is 3.32. The summed E-state index contributed by atoms with van der Waals surface area (Å²) in [5, 5.41) is 0. The zero-order valence-corrected chi connectivity index (χ0v) is 7.36. The Hall–Kier alpha value is -0.990. The fourth-order valence-electron chi connectivity index (χ4n) is 0.712. The van der Waals surface area contributed by atoms with Gasteiger partial charge in [0.25, 0.3) is 0 Å². The lowest BCUT2D eigenvalue weighted by molar-refractivity contribution is 0.569. The van der Waals surface area contributed by atoms with Crippen LogP contribution >= 0.6 is 15.9 Å². The van der Waals surface area contributed by atoms with Crippen LogP contribution in [0.2, 0.25) is 0 Å². The van der Waals surface area contributed by atoms with Crippen molar-refractivity contribution in [2.75, 3.05) is 0 Å². The average molecular weight is 233 g/mol. The minimum Gasteiger partial charge on any atom is -0.233 e. The zero-order valence-electron chi connectivity index (χ0n) is 5.77. The van der Waals surface area contributed by atoms with Crippen molar-refractivity contribution in [2.24, 2.45) is 0 Å². The third-order valence-corrected chi connectivity index (χ3v) is 1.86. The molecule has 0 aromatic heterocycles. The summed E-state index contributed by atoms with van der Waals surface area (Å²) < 4.78 is 25.6. The third kappa shape index (κ3) is 1.78. The van der Waals surface area contributed by atoms with Crippen molar-refractivity contribution in [3.05, 3.63) is 33.8 Å². The van der Waals surface area contributed by atoms with E-state index in [9.17, 15) is 13.6 Å². The van der Waals surface area contributed by atoms with Gasteiger partial charge in [-0.05, 0) is 28.1 Å². The molecule has 0 N–H and O–H groups in total. The predicted molar refractivity (Wildman–Crippen MR) is 44.2 cm³/mol. The van der Waals surface area contributed by atoms with E-state index in [-0.39, 0.29) is 10.0 Å². The molecule has 1 nitrogen and oxygen atoms in total. The van der Waals surface area contributed by atoms with Gasteiger partial charge in [0.1, 0.15) is 17.6 Å². The number of halogens is 3. The summed E-state index contributed by atoms with van der Waals surface area (Å²) in [5.41, 5.74) is -0.106. The topological polar surface area (TPSA) is 17.1 Å². The van der Waals surface area contributed by atoms with Crippen LogP contribution in [0, 0.1) is 11.6 Å². The molecule has 0 atom stereocenters. The van der Waals surface area contributed by atoms with Crippen LogP contribution in [0.25, 0.3) is 6.08 Å². The zero-order chi connectivity index (χ0) is 9.14. The van der Waals surface area contributed by atoms with Crippen LogP contribution in [0.1, 0.15) is 5.56 Å². The summed E-state index contributed by atoms with van der Waals surface area (Å²) >= 11 is 2.80. The molecule has 0 fully saturated rings. The molecule has 0 saturated heterocycles. The second kappa shape index (κ2) is 3.61. The van der Waals surface area contributed by atoms with Crippen molar-refractivity contribution in [1.82, 2.24) is 0 Å². The van der Waals surface area contributed by atoms with E-state index in [0.717, 1.165) is 18.2 Å². The standard InChI is InChI=1S/C8H3BrF2O/c9-6-4-7(10)5(1-2-12)3-8(6)11/h1,3-4H. The molecule has 4 heteroatoms. The van der Waals surface area contributed by atoms with Gasteiger partial charge in [0.05, 0.1) is 4.47 Å². The fraction of sp³-hybridized carbons (Fsp3) is 0. The van der Waals surface area contributed by atoms with E-state index in [2.05, 4.69) is 15.9 Å². The van der Waals surface area contributed by atoms with Crippen molar-refractivity contribution in [3.8, 4) is 0 Å². The molecule has 12 heavy (non-hydrogen) atoms. The summed E-state index contributed by atoms with van der Waals surface area (Å²) in [5.74, 6) is 0.101. The lowest BCUT2D eigenvalue weighted by Crippen LogP contribution is -1.86. The Bertz CT molecular complexity index is 356. The molecule has 0 aliphatic heterocycles. The maximum atomic E-state index is 12.8. The van der Waals surface area contributed by atoms with Crippen molar-refractivity contribution < 1.29 is 13.6 Å². The molecular weight excluding hydrogens is 230 g/mol. The van der Waals surface area contributed by atoms with E-state index >= 15 is 0 Å². The predicted octanol–water partition coefficient (Wildman–Crippen LogP) is 2.57. The molecular formula is C8H3BrF2O. The average Bonchev–Trinajstić information content (AvgIpc) is 2.01. The van der Waals surface area contributed by atoms with Gasteiger partial charge in [0.2, 0.25) is 0 Å². The highest BCUT2D eigenvalue weighted by atomic mass is 79.9. The molecule has 0 radical (unpaired) electrons. The van der Waals surface area contributed by atoms with E-state index < -0.39 is 11.6 Å². The lowest BCUT2D eigenvalue weighted by Gasteiger charge is -1.97. The Morgan fingerprint density at radius 1 is 1.33 bits per heavy atom. The molecule has 0 amide bonds.